The van der Waals surface area contributed by atoms with E-state index >= 15 is 0 Å². The van der Waals surface area contributed by atoms with Gasteiger partial charge in [-0.3, -0.25) is 9.59 Å². The highest BCUT2D eigenvalue weighted by molar-refractivity contribution is 6.23. The summed E-state index contributed by atoms with van der Waals surface area (Å²) >= 11 is 0. The Bertz CT molecular complexity index is 899. The lowest BCUT2D eigenvalue weighted by molar-refractivity contribution is -0.121. The molecule has 1 unspecified atom stereocenters. The van der Waals surface area contributed by atoms with Crippen molar-refractivity contribution in [2.45, 2.75) is 19.1 Å². The number of ether oxygens (including phenoxy) is 2. The SMILES string of the molecule is O=C1CC(Nc2ccc(N3CCOCC3)cc2)C(=O)N1c1ccc(OC(F)F)cc1. The topological polar surface area (TPSA) is 71.1 Å². The predicted octanol–water partition coefficient (Wildman–Crippen LogP) is 2.87. The van der Waals surface area contributed by atoms with Crippen LogP contribution in [0.1, 0.15) is 6.42 Å². The second-order valence-corrected chi connectivity index (χ2v) is 6.99. The van der Waals surface area contributed by atoms with Crippen LogP contribution in [-0.4, -0.2) is 50.8 Å². The molecule has 0 saturated carbocycles. The standard InChI is InChI=1S/C21H21F2N3O4/c22-21(23)30-17-7-5-16(6-8-17)26-19(27)13-18(20(26)28)24-14-1-3-15(4-2-14)25-9-11-29-12-10-25/h1-8,18,21,24H,9-13H2. The van der Waals surface area contributed by atoms with Crippen LogP contribution in [0.2, 0.25) is 0 Å². The number of nitrogens with one attached hydrogen (secondary N) is 1. The van der Waals surface area contributed by atoms with Crippen LogP contribution in [0.25, 0.3) is 0 Å². The normalized spacial score (nSPS) is 19.5. The van der Waals surface area contributed by atoms with Gasteiger partial charge < -0.3 is 19.7 Å². The number of anilines is 3. The number of rotatable bonds is 6. The second-order valence-electron chi connectivity index (χ2n) is 6.99. The van der Waals surface area contributed by atoms with Crippen molar-refractivity contribution < 1.29 is 27.8 Å². The van der Waals surface area contributed by atoms with Crippen LogP contribution >= 0.6 is 0 Å². The van der Waals surface area contributed by atoms with E-state index < -0.39 is 12.7 Å². The fourth-order valence-corrected chi connectivity index (χ4v) is 3.58. The van der Waals surface area contributed by atoms with E-state index in [1.54, 1.807) is 0 Å². The summed E-state index contributed by atoms with van der Waals surface area (Å²) in [6.45, 7) is 0.124. The zero-order valence-corrected chi connectivity index (χ0v) is 16.1. The van der Waals surface area contributed by atoms with Crippen molar-refractivity contribution in [1.29, 1.82) is 0 Å². The molecule has 2 aliphatic rings. The minimum absolute atomic E-state index is 0.0132. The first-order valence-electron chi connectivity index (χ1n) is 9.62. The van der Waals surface area contributed by atoms with Crippen LogP contribution < -0.4 is 19.9 Å². The van der Waals surface area contributed by atoms with Gasteiger partial charge in [-0.15, -0.1) is 0 Å². The number of carbonyl (C=O) groups is 2. The Morgan fingerprint density at radius 1 is 0.967 bits per heavy atom. The predicted molar refractivity (Wildman–Crippen MR) is 107 cm³/mol. The van der Waals surface area contributed by atoms with Gasteiger partial charge in [0.25, 0.3) is 5.91 Å². The molecule has 158 valence electrons. The Kier molecular flexibility index (Phi) is 5.80. The van der Waals surface area contributed by atoms with Gasteiger partial charge in [-0.1, -0.05) is 0 Å². The molecule has 2 aromatic carbocycles. The number of hydrogen-bond acceptors (Lipinski definition) is 6. The van der Waals surface area contributed by atoms with E-state index in [1.807, 2.05) is 24.3 Å². The maximum Gasteiger partial charge on any atom is 0.387 e. The lowest BCUT2D eigenvalue weighted by Gasteiger charge is -2.29. The molecule has 0 aliphatic carbocycles. The van der Waals surface area contributed by atoms with E-state index in [0.29, 0.717) is 18.9 Å². The fraction of sp³-hybridized carbons (Fsp3) is 0.333. The summed E-state index contributed by atoms with van der Waals surface area (Å²) < 4.78 is 34.2. The van der Waals surface area contributed by atoms with Crippen molar-refractivity contribution in [2.24, 2.45) is 0 Å². The lowest BCUT2D eigenvalue weighted by Crippen LogP contribution is -2.36. The molecule has 2 heterocycles. The minimum Gasteiger partial charge on any atom is -0.435 e. The van der Waals surface area contributed by atoms with Gasteiger partial charge in [-0.05, 0) is 48.5 Å². The van der Waals surface area contributed by atoms with Crippen LogP contribution in [0.15, 0.2) is 48.5 Å². The maximum absolute atomic E-state index is 12.8. The largest absolute Gasteiger partial charge is 0.435 e. The van der Waals surface area contributed by atoms with Crippen molar-refractivity contribution >= 4 is 28.9 Å². The Morgan fingerprint density at radius 2 is 1.60 bits per heavy atom. The molecule has 2 aromatic rings. The zero-order valence-electron chi connectivity index (χ0n) is 16.1. The average molecular weight is 417 g/mol. The highest BCUT2D eigenvalue weighted by Crippen LogP contribution is 2.28. The van der Waals surface area contributed by atoms with E-state index in [9.17, 15) is 18.4 Å². The summed E-state index contributed by atoms with van der Waals surface area (Å²) in [6.07, 6.45) is 0.0132. The van der Waals surface area contributed by atoms with Crippen molar-refractivity contribution in [1.82, 2.24) is 0 Å². The Labute approximate surface area is 172 Å². The van der Waals surface area contributed by atoms with Crippen molar-refractivity contribution in [3.05, 3.63) is 48.5 Å². The number of halogens is 2. The summed E-state index contributed by atoms with van der Waals surface area (Å²) in [4.78, 5) is 28.5. The molecule has 0 spiro atoms. The van der Waals surface area contributed by atoms with Crippen LogP contribution in [0, 0.1) is 0 Å². The molecule has 4 rings (SSSR count). The molecule has 2 aliphatic heterocycles. The van der Waals surface area contributed by atoms with Crippen LogP contribution in [0.3, 0.4) is 0 Å². The van der Waals surface area contributed by atoms with Crippen molar-refractivity contribution in [3.8, 4) is 5.75 Å². The summed E-state index contributed by atoms with van der Waals surface area (Å²) in [7, 11) is 0. The van der Waals surface area contributed by atoms with E-state index in [1.165, 1.54) is 24.3 Å². The third kappa shape index (κ3) is 4.35. The number of carbonyl (C=O) groups excluding carboxylic acids is 2. The molecule has 2 amide bonds. The van der Waals surface area contributed by atoms with Crippen molar-refractivity contribution in [3.63, 3.8) is 0 Å². The number of nitrogens with zero attached hydrogens (tertiary/aromatic N) is 2. The maximum atomic E-state index is 12.8. The van der Waals surface area contributed by atoms with Crippen LogP contribution in [-0.2, 0) is 14.3 Å². The van der Waals surface area contributed by atoms with Crippen LogP contribution in [0.5, 0.6) is 5.75 Å². The quantitative estimate of drug-likeness (QED) is 0.729. The van der Waals surface area contributed by atoms with E-state index in [4.69, 9.17) is 4.74 Å². The molecule has 0 aromatic heterocycles. The molecular formula is C21H21F2N3O4. The zero-order chi connectivity index (χ0) is 21.1. The minimum atomic E-state index is -2.94. The Balaban J connectivity index is 1.41. The van der Waals surface area contributed by atoms with E-state index in [2.05, 4.69) is 15.0 Å². The van der Waals surface area contributed by atoms with Gasteiger partial charge in [-0.25, -0.2) is 4.90 Å². The molecule has 0 bridgehead atoms. The van der Waals surface area contributed by atoms with Gasteiger partial charge in [0.2, 0.25) is 5.91 Å². The first-order chi connectivity index (χ1) is 14.5. The molecule has 9 heteroatoms. The second kappa shape index (κ2) is 8.66. The first kappa shape index (κ1) is 20.1. The summed E-state index contributed by atoms with van der Waals surface area (Å²) in [5, 5.41) is 3.11. The van der Waals surface area contributed by atoms with Gasteiger partial charge in [0, 0.05) is 24.5 Å². The Hall–Kier alpha value is -3.20. The van der Waals surface area contributed by atoms with Gasteiger partial charge in [0.05, 0.1) is 25.3 Å². The molecular weight excluding hydrogens is 396 g/mol. The third-order valence-corrected chi connectivity index (χ3v) is 5.05. The third-order valence-electron chi connectivity index (χ3n) is 5.05. The molecule has 30 heavy (non-hydrogen) atoms. The number of imide groups is 1. The molecule has 1 N–H and O–H groups in total. The lowest BCUT2D eigenvalue weighted by atomic mass is 10.2. The molecule has 2 saturated heterocycles. The first-order valence-corrected chi connectivity index (χ1v) is 9.62. The smallest absolute Gasteiger partial charge is 0.387 e. The molecule has 2 fully saturated rings. The summed E-state index contributed by atoms with van der Waals surface area (Å²) in [6, 6.07) is 12.4. The van der Waals surface area contributed by atoms with Gasteiger partial charge in [0.15, 0.2) is 0 Å². The summed E-state index contributed by atoms with van der Waals surface area (Å²) in [5.41, 5.74) is 2.13. The molecule has 0 radical (unpaired) electrons. The summed E-state index contributed by atoms with van der Waals surface area (Å²) in [5.74, 6) is -0.785. The molecule has 7 nitrogen and oxygen atoms in total. The fourth-order valence-electron chi connectivity index (χ4n) is 3.58. The number of hydrogen-bond donors (Lipinski definition) is 1. The number of benzene rings is 2. The average Bonchev–Trinajstić information content (AvgIpc) is 3.02. The highest BCUT2D eigenvalue weighted by atomic mass is 19.3. The molecule has 1 atom stereocenters. The number of morpholine rings is 1. The number of amides is 2. The Morgan fingerprint density at radius 3 is 2.23 bits per heavy atom. The van der Waals surface area contributed by atoms with Gasteiger partial charge in [-0.2, -0.15) is 8.78 Å². The van der Waals surface area contributed by atoms with Gasteiger partial charge in [0.1, 0.15) is 11.8 Å². The van der Waals surface area contributed by atoms with E-state index in [0.717, 1.165) is 29.4 Å². The number of alkyl halides is 2. The van der Waals surface area contributed by atoms with E-state index in [-0.39, 0.29) is 24.0 Å². The monoisotopic (exact) mass is 417 g/mol. The van der Waals surface area contributed by atoms with Crippen molar-refractivity contribution in [2.75, 3.05) is 41.4 Å². The van der Waals surface area contributed by atoms with Gasteiger partial charge >= 0.3 is 6.61 Å². The highest BCUT2D eigenvalue weighted by Gasteiger charge is 2.39. The van der Waals surface area contributed by atoms with Crippen LogP contribution in [0.4, 0.5) is 25.8 Å².